The van der Waals surface area contributed by atoms with E-state index in [1.165, 1.54) is 29.4 Å². The van der Waals surface area contributed by atoms with Crippen LogP contribution < -0.4 is 4.74 Å². The Kier molecular flexibility index (Phi) is 6.85. The molecule has 0 saturated carbocycles. The summed E-state index contributed by atoms with van der Waals surface area (Å²) in [6.45, 7) is 11.0. The largest absolute Gasteiger partial charge is 0.493 e. The van der Waals surface area contributed by atoms with Gasteiger partial charge in [-0.2, -0.15) is 0 Å². The Bertz CT molecular complexity index is 717. The van der Waals surface area contributed by atoms with E-state index in [-0.39, 0.29) is 5.41 Å². The third-order valence-corrected chi connectivity index (χ3v) is 5.00. The topological polar surface area (TPSA) is 38.7 Å². The summed E-state index contributed by atoms with van der Waals surface area (Å²) in [5.74, 6) is 0.934. The summed E-state index contributed by atoms with van der Waals surface area (Å²) in [4.78, 5) is 0. The molecule has 1 atom stereocenters. The molecular formula is C23H32O3. The lowest BCUT2D eigenvalue weighted by Gasteiger charge is -2.29. The van der Waals surface area contributed by atoms with Crippen molar-refractivity contribution < 1.29 is 14.6 Å². The van der Waals surface area contributed by atoms with Gasteiger partial charge in [0.15, 0.2) is 6.29 Å². The molecule has 0 aliphatic rings. The van der Waals surface area contributed by atoms with Crippen molar-refractivity contribution in [3.8, 4) is 16.9 Å². The minimum absolute atomic E-state index is 0.279. The number of ether oxygens (including phenoxy) is 2. The Morgan fingerprint density at radius 2 is 1.65 bits per heavy atom. The molecule has 0 aromatic heterocycles. The maximum atomic E-state index is 9.88. The normalized spacial score (nSPS) is 12.9. The highest BCUT2D eigenvalue weighted by atomic mass is 16.6. The van der Waals surface area contributed by atoms with Crippen LogP contribution in [0.2, 0.25) is 0 Å². The van der Waals surface area contributed by atoms with Crippen LogP contribution in [-0.2, 0) is 4.74 Å². The van der Waals surface area contributed by atoms with Gasteiger partial charge in [-0.25, -0.2) is 0 Å². The fourth-order valence-corrected chi connectivity index (χ4v) is 3.14. The zero-order valence-electron chi connectivity index (χ0n) is 16.9. The molecule has 3 heteroatoms. The van der Waals surface area contributed by atoms with E-state index in [1.807, 2.05) is 13.8 Å². The summed E-state index contributed by atoms with van der Waals surface area (Å²) in [6, 6.07) is 12.9. The number of rotatable bonds is 8. The lowest BCUT2D eigenvalue weighted by Crippen LogP contribution is -2.31. The molecule has 0 fully saturated rings. The Labute approximate surface area is 158 Å². The summed E-state index contributed by atoms with van der Waals surface area (Å²) < 4.78 is 11.1. The summed E-state index contributed by atoms with van der Waals surface area (Å²) in [6.07, 6.45) is 0.952. The van der Waals surface area contributed by atoms with E-state index in [2.05, 4.69) is 57.2 Å². The quantitative estimate of drug-likeness (QED) is 0.506. The van der Waals surface area contributed by atoms with Crippen LogP contribution in [0.1, 0.15) is 43.4 Å². The van der Waals surface area contributed by atoms with Crippen LogP contribution in [0.4, 0.5) is 0 Å². The van der Waals surface area contributed by atoms with Crippen LogP contribution in [0.3, 0.4) is 0 Å². The van der Waals surface area contributed by atoms with E-state index in [4.69, 9.17) is 9.47 Å². The lowest BCUT2D eigenvalue weighted by molar-refractivity contribution is -0.149. The van der Waals surface area contributed by atoms with Crippen molar-refractivity contribution in [3.63, 3.8) is 0 Å². The summed E-state index contributed by atoms with van der Waals surface area (Å²) >= 11 is 0. The molecule has 0 amide bonds. The van der Waals surface area contributed by atoms with Gasteiger partial charge in [-0.15, -0.1) is 0 Å². The first-order chi connectivity index (χ1) is 12.2. The van der Waals surface area contributed by atoms with Crippen LogP contribution in [0.5, 0.6) is 5.75 Å². The van der Waals surface area contributed by atoms with Crippen molar-refractivity contribution >= 4 is 0 Å². The predicted molar refractivity (Wildman–Crippen MR) is 108 cm³/mol. The van der Waals surface area contributed by atoms with Gasteiger partial charge < -0.3 is 14.6 Å². The highest BCUT2D eigenvalue weighted by Crippen LogP contribution is 2.31. The van der Waals surface area contributed by atoms with Gasteiger partial charge >= 0.3 is 0 Å². The summed E-state index contributed by atoms with van der Waals surface area (Å²) in [5.41, 5.74) is 5.83. The van der Waals surface area contributed by atoms with E-state index in [0.29, 0.717) is 6.61 Å². The minimum Gasteiger partial charge on any atom is -0.493 e. The van der Waals surface area contributed by atoms with Gasteiger partial charge in [0.05, 0.1) is 6.61 Å². The van der Waals surface area contributed by atoms with Gasteiger partial charge in [0.1, 0.15) is 5.75 Å². The molecule has 1 unspecified atom stereocenters. The van der Waals surface area contributed by atoms with Gasteiger partial charge in [-0.3, -0.25) is 0 Å². The van der Waals surface area contributed by atoms with E-state index in [9.17, 15) is 5.11 Å². The molecule has 2 rings (SSSR count). The zero-order valence-corrected chi connectivity index (χ0v) is 16.9. The average molecular weight is 357 g/mol. The fraction of sp³-hybridized carbons (Fsp3) is 0.478. The SMILES string of the molecule is COC(O)C(C)(C)CCCOc1cc(C)c(-c2ccc(C)cc2)cc1C. The third kappa shape index (κ3) is 5.09. The average Bonchev–Trinajstić information content (AvgIpc) is 2.61. The molecule has 0 saturated heterocycles. The minimum atomic E-state index is -0.750. The maximum absolute atomic E-state index is 9.88. The monoisotopic (exact) mass is 356 g/mol. The van der Waals surface area contributed by atoms with Crippen LogP contribution >= 0.6 is 0 Å². The number of hydrogen-bond acceptors (Lipinski definition) is 3. The third-order valence-electron chi connectivity index (χ3n) is 5.00. The van der Waals surface area contributed by atoms with Crippen molar-refractivity contribution in [1.29, 1.82) is 0 Å². The number of methoxy groups -OCH3 is 1. The van der Waals surface area contributed by atoms with Gasteiger partial charge in [-0.1, -0.05) is 43.7 Å². The van der Waals surface area contributed by atoms with Crippen molar-refractivity contribution in [2.45, 2.75) is 53.8 Å². The number of benzene rings is 2. The molecule has 26 heavy (non-hydrogen) atoms. The molecule has 0 aliphatic heterocycles. The first kappa shape index (κ1) is 20.5. The molecule has 2 aromatic carbocycles. The summed E-state index contributed by atoms with van der Waals surface area (Å²) in [5, 5.41) is 9.88. The van der Waals surface area contributed by atoms with Crippen molar-refractivity contribution in [1.82, 2.24) is 0 Å². The van der Waals surface area contributed by atoms with Gasteiger partial charge in [0, 0.05) is 12.5 Å². The lowest BCUT2D eigenvalue weighted by atomic mass is 9.87. The molecular weight excluding hydrogens is 324 g/mol. The van der Waals surface area contributed by atoms with Crippen LogP contribution in [0.15, 0.2) is 36.4 Å². The number of aliphatic hydroxyl groups is 1. The van der Waals surface area contributed by atoms with Crippen molar-refractivity contribution in [2.75, 3.05) is 13.7 Å². The second-order valence-corrected chi connectivity index (χ2v) is 7.83. The number of aryl methyl sites for hydroxylation is 3. The van der Waals surface area contributed by atoms with Crippen LogP contribution in [0, 0.1) is 26.2 Å². The predicted octanol–water partition coefficient (Wildman–Crippen LogP) is 5.43. The van der Waals surface area contributed by atoms with Crippen LogP contribution in [-0.4, -0.2) is 25.1 Å². The Morgan fingerprint density at radius 1 is 1.00 bits per heavy atom. The Morgan fingerprint density at radius 3 is 2.27 bits per heavy atom. The molecule has 142 valence electrons. The van der Waals surface area contributed by atoms with E-state index < -0.39 is 6.29 Å². The van der Waals surface area contributed by atoms with Gasteiger partial charge in [0.2, 0.25) is 0 Å². The fourth-order valence-electron chi connectivity index (χ4n) is 3.14. The van der Waals surface area contributed by atoms with Crippen molar-refractivity contribution in [2.24, 2.45) is 5.41 Å². The second kappa shape index (κ2) is 8.70. The molecule has 0 radical (unpaired) electrons. The number of hydrogen-bond donors (Lipinski definition) is 1. The standard InChI is InChI=1S/C23H32O3/c1-16-8-10-19(11-9-16)20-14-18(3)21(15-17(20)2)26-13-7-12-23(4,5)22(24)25-6/h8-11,14-15,22,24H,7,12-13H2,1-6H3. The highest BCUT2D eigenvalue weighted by molar-refractivity contribution is 5.69. The smallest absolute Gasteiger partial charge is 0.159 e. The number of aliphatic hydroxyl groups excluding tert-OH is 1. The van der Waals surface area contributed by atoms with E-state index in [1.54, 1.807) is 0 Å². The Hall–Kier alpha value is -1.84. The second-order valence-electron chi connectivity index (χ2n) is 7.83. The first-order valence-electron chi connectivity index (χ1n) is 9.26. The highest BCUT2D eigenvalue weighted by Gasteiger charge is 2.27. The summed E-state index contributed by atoms with van der Waals surface area (Å²) in [7, 11) is 1.53. The Balaban J connectivity index is 2.01. The molecule has 1 N–H and O–H groups in total. The molecule has 3 nitrogen and oxygen atoms in total. The molecule has 0 bridgehead atoms. The van der Waals surface area contributed by atoms with Gasteiger partial charge in [0.25, 0.3) is 0 Å². The van der Waals surface area contributed by atoms with E-state index >= 15 is 0 Å². The van der Waals surface area contributed by atoms with E-state index in [0.717, 1.165) is 24.2 Å². The first-order valence-corrected chi connectivity index (χ1v) is 9.26. The van der Waals surface area contributed by atoms with Gasteiger partial charge in [-0.05, 0) is 68.0 Å². The van der Waals surface area contributed by atoms with Crippen molar-refractivity contribution in [3.05, 3.63) is 53.1 Å². The maximum Gasteiger partial charge on any atom is 0.159 e. The molecule has 0 aliphatic carbocycles. The molecule has 2 aromatic rings. The molecule has 0 heterocycles. The molecule has 0 spiro atoms. The zero-order chi connectivity index (χ0) is 19.3. The van der Waals surface area contributed by atoms with Crippen LogP contribution in [0.25, 0.3) is 11.1 Å².